The molecule has 0 aliphatic carbocycles. The molecule has 5 atom stereocenters. The number of allylic oxidation sites excluding steroid dienone is 28. The van der Waals surface area contributed by atoms with Gasteiger partial charge in [0.05, 0.1) is 26.4 Å². The van der Waals surface area contributed by atoms with E-state index >= 15 is 0 Å². The van der Waals surface area contributed by atoms with Crippen LogP contribution in [-0.2, 0) is 65.4 Å². The van der Waals surface area contributed by atoms with E-state index in [1.165, 1.54) is 38.5 Å². The fraction of sp³-hybridized carbons (Fsp3) is 0.648. The van der Waals surface area contributed by atoms with Crippen LogP contribution in [0.5, 0.6) is 0 Å². The zero-order chi connectivity index (χ0) is 80.3. The molecule has 626 valence electrons. The number of esters is 4. The Balaban J connectivity index is 5.47. The van der Waals surface area contributed by atoms with Crippen LogP contribution in [-0.4, -0.2) is 96.7 Å². The summed E-state index contributed by atoms with van der Waals surface area (Å²) < 4.78 is 68.7. The highest BCUT2D eigenvalue weighted by Gasteiger charge is 2.30. The van der Waals surface area contributed by atoms with Gasteiger partial charge in [-0.25, -0.2) is 9.13 Å². The molecule has 5 unspecified atom stereocenters. The van der Waals surface area contributed by atoms with E-state index in [-0.39, 0.29) is 25.7 Å². The van der Waals surface area contributed by atoms with Crippen LogP contribution in [0, 0.1) is 0 Å². The van der Waals surface area contributed by atoms with E-state index in [1.54, 1.807) is 0 Å². The molecule has 0 aromatic heterocycles. The summed E-state index contributed by atoms with van der Waals surface area (Å²) in [5, 5.41) is 10.7. The van der Waals surface area contributed by atoms with Crippen molar-refractivity contribution in [3.05, 3.63) is 170 Å². The summed E-state index contributed by atoms with van der Waals surface area (Å²) in [5.41, 5.74) is 0. The lowest BCUT2D eigenvalue weighted by molar-refractivity contribution is -0.161. The van der Waals surface area contributed by atoms with Crippen LogP contribution >= 0.6 is 15.6 Å². The van der Waals surface area contributed by atoms with Gasteiger partial charge in [-0.15, -0.1) is 0 Å². The molecule has 110 heavy (non-hydrogen) atoms. The van der Waals surface area contributed by atoms with Crippen molar-refractivity contribution in [2.24, 2.45) is 0 Å². The molecule has 19 heteroatoms. The van der Waals surface area contributed by atoms with Crippen LogP contribution in [0.1, 0.15) is 323 Å². The number of unbranched alkanes of at least 4 members (excludes halogenated alkanes) is 24. The standard InChI is InChI=1S/C91H150O17P2/c1-5-9-13-17-21-25-29-33-37-40-42-45-49-52-56-60-64-68-72-76-89(94)102-82-87(108-91(96)78-74-70-66-62-58-54-50-46-43-41-38-34-30-26-22-18-14-10-6-2)84-106-110(99,100)104-80-85(92)79-103-109(97,98)105-83-86(107-90(95)77-73-69-65-61-57-53-47-36-32-28-24-20-16-12-8-4)81-101-88(93)75-71-67-63-59-55-51-48-44-39-35-31-27-23-19-15-11-7-3/h11-12,15-16,21-28,33-39,42-43,45-48,51,57,61,85-87,92H,5-10,13-14,17-20,29-32,40-41,44,49-50,52-56,58-60,62-84H2,1-4H3,(H,97,98)(H,99,100)/b15-11-,16-12-,25-21-,26-22-,27-23-,28-24-,37-33-,38-34-,39-35-,45-42-,46-43-,47-36-,51-48-,61-57-. The number of phosphoric ester groups is 2. The minimum atomic E-state index is -5.01. The van der Waals surface area contributed by atoms with Crippen molar-refractivity contribution in [1.82, 2.24) is 0 Å². The summed E-state index contributed by atoms with van der Waals surface area (Å²) in [4.78, 5) is 73.2. The first-order chi connectivity index (χ1) is 53.7. The number of rotatable bonds is 78. The topological polar surface area (TPSA) is 237 Å². The Morgan fingerprint density at radius 1 is 0.264 bits per heavy atom. The smallest absolute Gasteiger partial charge is 0.462 e. The lowest BCUT2D eigenvalue weighted by atomic mass is 10.1. The van der Waals surface area contributed by atoms with E-state index in [9.17, 15) is 43.2 Å². The van der Waals surface area contributed by atoms with E-state index in [0.717, 1.165) is 199 Å². The van der Waals surface area contributed by atoms with Gasteiger partial charge in [-0.1, -0.05) is 288 Å². The van der Waals surface area contributed by atoms with Crippen molar-refractivity contribution >= 4 is 39.5 Å². The Hall–Kier alpha value is -5.58. The molecule has 0 aromatic rings. The second-order valence-corrected chi connectivity index (χ2v) is 30.6. The lowest BCUT2D eigenvalue weighted by Crippen LogP contribution is -2.30. The molecule has 0 bridgehead atoms. The summed E-state index contributed by atoms with van der Waals surface area (Å²) in [6.45, 7) is 4.50. The summed E-state index contributed by atoms with van der Waals surface area (Å²) in [5.74, 6) is -2.28. The second-order valence-electron chi connectivity index (χ2n) is 27.6. The minimum absolute atomic E-state index is 0.0307. The van der Waals surface area contributed by atoms with E-state index in [2.05, 4.69) is 198 Å². The average Bonchev–Trinajstić information content (AvgIpc) is 0.911. The average molecular weight is 1580 g/mol. The number of aliphatic hydroxyl groups excluding tert-OH is 1. The SMILES string of the molecule is CC/C=C\C/C=C\C/C=C\C/C=C\CCCCCCC(=O)OCC(COP(=O)(O)OCC(O)COP(=O)(O)OCC(COC(=O)CCCCCCCC/C=C\C/C=C\C/C=C\CCCCC)OC(=O)CCCCCCCC/C=C\C/C=C\C/C=C\CCCCC)OC(=O)CCCC/C=C\C/C=C\C/C=C\C/C=C\CC. The molecule has 0 heterocycles. The van der Waals surface area contributed by atoms with Gasteiger partial charge < -0.3 is 33.8 Å². The van der Waals surface area contributed by atoms with Crippen molar-refractivity contribution in [1.29, 1.82) is 0 Å². The van der Waals surface area contributed by atoms with Gasteiger partial charge in [0.1, 0.15) is 19.3 Å². The van der Waals surface area contributed by atoms with Crippen molar-refractivity contribution < 1.29 is 80.2 Å². The number of aliphatic hydroxyl groups is 1. The highest BCUT2D eigenvalue weighted by Crippen LogP contribution is 2.45. The van der Waals surface area contributed by atoms with Crippen molar-refractivity contribution in [3.63, 3.8) is 0 Å². The number of carbonyl (C=O) groups is 4. The maximum absolute atomic E-state index is 13.1. The maximum Gasteiger partial charge on any atom is 0.472 e. The van der Waals surface area contributed by atoms with Crippen LogP contribution in [0.15, 0.2) is 170 Å². The predicted octanol–water partition coefficient (Wildman–Crippen LogP) is 25.3. The fourth-order valence-corrected chi connectivity index (χ4v) is 12.3. The quantitative estimate of drug-likeness (QED) is 0.0169. The van der Waals surface area contributed by atoms with Gasteiger partial charge >= 0.3 is 39.5 Å². The maximum atomic E-state index is 13.1. The van der Waals surface area contributed by atoms with Gasteiger partial charge in [0, 0.05) is 25.7 Å². The first kappa shape index (κ1) is 104. The van der Waals surface area contributed by atoms with E-state index in [1.807, 2.05) is 0 Å². The van der Waals surface area contributed by atoms with Gasteiger partial charge in [-0.3, -0.25) is 37.3 Å². The van der Waals surface area contributed by atoms with Crippen LogP contribution < -0.4 is 0 Å². The Kier molecular flexibility index (Phi) is 77.3. The molecule has 0 aliphatic rings. The molecule has 0 radical (unpaired) electrons. The monoisotopic (exact) mass is 1580 g/mol. The van der Waals surface area contributed by atoms with Gasteiger partial charge in [-0.05, 0) is 180 Å². The van der Waals surface area contributed by atoms with Crippen molar-refractivity contribution in [3.8, 4) is 0 Å². The van der Waals surface area contributed by atoms with E-state index in [4.69, 9.17) is 37.0 Å². The van der Waals surface area contributed by atoms with Gasteiger partial charge in [0.25, 0.3) is 0 Å². The molecule has 0 saturated heterocycles. The first-order valence-electron chi connectivity index (χ1n) is 42.4. The Morgan fingerprint density at radius 3 is 0.745 bits per heavy atom. The Labute approximate surface area is 667 Å². The summed E-state index contributed by atoms with van der Waals surface area (Å²) in [6.07, 6.45) is 97.4. The number of carbonyl (C=O) groups excluding carboxylic acids is 4. The third kappa shape index (κ3) is 80.5. The normalized spacial score (nSPS) is 14.6. The molecule has 0 rings (SSSR count). The highest BCUT2D eigenvalue weighted by molar-refractivity contribution is 7.47. The summed E-state index contributed by atoms with van der Waals surface area (Å²) in [7, 11) is -10.0. The van der Waals surface area contributed by atoms with E-state index in [0.29, 0.717) is 32.1 Å². The molecule has 0 aromatic carbocycles. The number of phosphoric acid groups is 2. The minimum Gasteiger partial charge on any atom is -0.462 e. The second kappa shape index (κ2) is 81.4. The summed E-state index contributed by atoms with van der Waals surface area (Å²) >= 11 is 0. The van der Waals surface area contributed by atoms with Crippen molar-refractivity contribution in [2.45, 2.75) is 341 Å². The van der Waals surface area contributed by atoms with Crippen LogP contribution in [0.3, 0.4) is 0 Å². The molecule has 17 nitrogen and oxygen atoms in total. The number of hydrogen-bond donors (Lipinski definition) is 3. The van der Waals surface area contributed by atoms with Crippen molar-refractivity contribution in [2.75, 3.05) is 39.6 Å². The molecule has 0 saturated carbocycles. The van der Waals surface area contributed by atoms with Crippen LogP contribution in [0.25, 0.3) is 0 Å². The number of hydrogen-bond acceptors (Lipinski definition) is 15. The predicted molar refractivity (Wildman–Crippen MR) is 454 cm³/mol. The fourth-order valence-electron chi connectivity index (χ4n) is 10.7. The molecule has 0 amide bonds. The van der Waals surface area contributed by atoms with Gasteiger partial charge in [-0.2, -0.15) is 0 Å². The molecule has 3 N–H and O–H groups in total. The molecular formula is C91H150O17P2. The Bertz CT molecular complexity index is 2750. The zero-order valence-electron chi connectivity index (χ0n) is 68.6. The van der Waals surface area contributed by atoms with Crippen LogP contribution in [0.4, 0.5) is 0 Å². The zero-order valence-corrected chi connectivity index (χ0v) is 70.4. The highest BCUT2D eigenvalue weighted by atomic mass is 31.2. The largest absolute Gasteiger partial charge is 0.472 e. The Morgan fingerprint density at radius 2 is 0.473 bits per heavy atom. The van der Waals surface area contributed by atoms with Crippen LogP contribution in [0.2, 0.25) is 0 Å². The molecular weight excluding hydrogens is 1430 g/mol. The molecule has 0 fully saturated rings. The van der Waals surface area contributed by atoms with Gasteiger partial charge in [0.15, 0.2) is 12.2 Å². The summed E-state index contributed by atoms with van der Waals surface area (Å²) in [6, 6.07) is 0. The lowest BCUT2D eigenvalue weighted by Gasteiger charge is -2.21. The third-order valence-electron chi connectivity index (χ3n) is 17.1. The molecule has 0 spiro atoms. The van der Waals surface area contributed by atoms with Gasteiger partial charge in [0.2, 0.25) is 0 Å². The number of ether oxygens (including phenoxy) is 4. The third-order valence-corrected chi connectivity index (χ3v) is 19.0. The van der Waals surface area contributed by atoms with E-state index < -0.39 is 97.5 Å². The first-order valence-corrected chi connectivity index (χ1v) is 45.4. The molecule has 0 aliphatic heterocycles.